The lowest BCUT2D eigenvalue weighted by Crippen LogP contribution is -2.00. The molecule has 0 aliphatic carbocycles. The summed E-state index contributed by atoms with van der Waals surface area (Å²) < 4.78 is 26.3. The molecule has 0 heterocycles. The van der Waals surface area contributed by atoms with Gasteiger partial charge in [-0.2, -0.15) is 5.26 Å². The van der Waals surface area contributed by atoms with E-state index in [1.807, 2.05) is 0 Å². The Kier molecular flexibility index (Phi) is 3.98. The maximum atomic E-state index is 13.2. The van der Waals surface area contributed by atoms with Gasteiger partial charge >= 0.3 is 0 Å². The predicted molar refractivity (Wildman–Crippen MR) is 69.9 cm³/mol. The van der Waals surface area contributed by atoms with Gasteiger partial charge < -0.3 is 5.32 Å². The normalized spacial score (nSPS) is 10.0. The van der Waals surface area contributed by atoms with Gasteiger partial charge in [0.2, 0.25) is 0 Å². The molecule has 96 valence electrons. The van der Waals surface area contributed by atoms with Crippen molar-refractivity contribution in [3.63, 3.8) is 0 Å². The molecule has 2 aromatic carbocycles. The van der Waals surface area contributed by atoms with Crippen molar-refractivity contribution >= 4 is 17.3 Å². The number of halogens is 3. The number of nitrogens with zero attached hydrogens (tertiary/aromatic N) is 1. The van der Waals surface area contributed by atoms with Crippen LogP contribution in [-0.4, -0.2) is 0 Å². The largest absolute Gasteiger partial charge is 0.381 e. The Hall–Kier alpha value is -2.12. The van der Waals surface area contributed by atoms with Gasteiger partial charge in [-0.1, -0.05) is 17.7 Å². The monoisotopic (exact) mass is 278 g/mol. The summed E-state index contributed by atoms with van der Waals surface area (Å²) in [5, 5.41) is 11.8. The summed E-state index contributed by atoms with van der Waals surface area (Å²) in [6, 6.07) is 10.4. The van der Waals surface area contributed by atoms with Gasteiger partial charge in [0.15, 0.2) is 0 Å². The van der Waals surface area contributed by atoms with Crippen LogP contribution < -0.4 is 5.32 Å². The van der Waals surface area contributed by atoms with E-state index in [0.717, 1.165) is 0 Å². The van der Waals surface area contributed by atoms with Crippen LogP contribution in [0.4, 0.5) is 14.5 Å². The molecule has 0 aromatic heterocycles. The number of rotatable bonds is 3. The van der Waals surface area contributed by atoms with Crippen LogP contribution in [0.15, 0.2) is 36.4 Å². The molecule has 2 rings (SSSR count). The Balaban J connectivity index is 2.10. The Morgan fingerprint density at radius 2 is 1.89 bits per heavy atom. The van der Waals surface area contributed by atoms with Crippen molar-refractivity contribution in [2.75, 3.05) is 5.32 Å². The van der Waals surface area contributed by atoms with Gasteiger partial charge in [0.25, 0.3) is 0 Å². The number of hydrogen-bond acceptors (Lipinski definition) is 2. The molecule has 0 fully saturated rings. The molecule has 0 amide bonds. The molecular weight excluding hydrogens is 270 g/mol. The summed E-state index contributed by atoms with van der Waals surface area (Å²) in [6.07, 6.45) is 0. The van der Waals surface area contributed by atoms with E-state index in [1.54, 1.807) is 12.1 Å². The first-order chi connectivity index (χ1) is 9.10. The minimum atomic E-state index is -0.564. The predicted octanol–water partition coefficient (Wildman–Crippen LogP) is 4.10. The van der Waals surface area contributed by atoms with E-state index in [2.05, 4.69) is 5.32 Å². The molecule has 19 heavy (non-hydrogen) atoms. The quantitative estimate of drug-likeness (QED) is 0.917. The average molecular weight is 279 g/mol. The van der Waals surface area contributed by atoms with E-state index in [4.69, 9.17) is 16.9 Å². The molecule has 0 spiro atoms. The average Bonchev–Trinajstić information content (AvgIpc) is 2.41. The molecule has 0 aliphatic rings. The van der Waals surface area contributed by atoms with E-state index in [9.17, 15) is 8.78 Å². The molecule has 0 bridgehead atoms. The van der Waals surface area contributed by atoms with Crippen molar-refractivity contribution < 1.29 is 8.78 Å². The van der Waals surface area contributed by atoms with Gasteiger partial charge in [0.05, 0.1) is 10.6 Å². The Morgan fingerprint density at radius 3 is 2.58 bits per heavy atom. The van der Waals surface area contributed by atoms with Gasteiger partial charge in [-0.15, -0.1) is 0 Å². The second-order valence-electron chi connectivity index (χ2n) is 3.91. The molecule has 0 aliphatic heterocycles. The fraction of sp³-hybridized carbons (Fsp3) is 0.0714. The van der Waals surface area contributed by atoms with Crippen LogP contribution in [0.3, 0.4) is 0 Å². The van der Waals surface area contributed by atoms with Crippen molar-refractivity contribution in [1.29, 1.82) is 5.26 Å². The van der Waals surface area contributed by atoms with E-state index in [-0.39, 0.29) is 10.6 Å². The molecule has 0 saturated carbocycles. The summed E-state index contributed by atoms with van der Waals surface area (Å²) >= 11 is 5.58. The standard InChI is InChI=1S/C14H9ClF2N2/c15-12-3-1-9(5-14(12)17)8-19-11-2-4-13(16)10(6-11)7-18/h1-6,19H,8H2. The molecule has 0 radical (unpaired) electrons. The third-order valence-electron chi connectivity index (χ3n) is 2.57. The fourth-order valence-electron chi connectivity index (χ4n) is 1.57. The zero-order chi connectivity index (χ0) is 13.8. The lowest BCUT2D eigenvalue weighted by molar-refractivity contribution is 0.624. The number of benzene rings is 2. The summed E-state index contributed by atoms with van der Waals surface area (Å²) in [4.78, 5) is 0. The van der Waals surface area contributed by atoms with Gasteiger partial charge in [0.1, 0.15) is 17.7 Å². The third-order valence-corrected chi connectivity index (χ3v) is 2.87. The Labute approximate surface area is 114 Å². The molecule has 1 N–H and O–H groups in total. The zero-order valence-electron chi connectivity index (χ0n) is 9.75. The fourth-order valence-corrected chi connectivity index (χ4v) is 1.69. The van der Waals surface area contributed by atoms with Gasteiger partial charge in [0, 0.05) is 12.2 Å². The minimum absolute atomic E-state index is 0.0349. The van der Waals surface area contributed by atoms with Gasteiger partial charge in [-0.3, -0.25) is 0 Å². The number of hydrogen-bond donors (Lipinski definition) is 1. The molecule has 0 atom stereocenters. The first kappa shape index (κ1) is 13.3. The summed E-state index contributed by atoms with van der Waals surface area (Å²) in [7, 11) is 0. The Morgan fingerprint density at radius 1 is 1.11 bits per heavy atom. The van der Waals surface area contributed by atoms with Gasteiger partial charge in [-0.25, -0.2) is 8.78 Å². The molecular formula is C14H9ClF2N2. The lowest BCUT2D eigenvalue weighted by Gasteiger charge is -2.07. The van der Waals surface area contributed by atoms with E-state index in [1.165, 1.54) is 30.3 Å². The molecule has 2 aromatic rings. The molecule has 0 unspecified atom stereocenters. The highest BCUT2D eigenvalue weighted by molar-refractivity contribution is 6.30. The van der Waals surface area contributed by atoms with E-state index < -0.39 is 11.6 Å². The SMILES string of the molecule is N#Cc1cc(NCc2ccc(Cl)c(F)c2)ccc1F. The van der Waals surface area contributed by atoms with Gasteiger partial charge in [-0.05, 0) is 35.9 Å². The first-order valence-corrected chi connectivity index (χ1v) is 5.85. The van der Waals surface area contributed by atoms with Crippen LogP contribution in [0, 0.1) is 23.0 Å². The third kappa shape index (κ3) is 3.21. The number of anilines is 1. The first-order valence-electron chi connectivity index (χ1n) is 5.47. The van der Waals surface area contributed by atoms with E-state index in [0.29, 0.717) is 17.8 Å². The van der Waals surface area contributed by atoms with Crippen molar-refractivity contribution in [1.82, 2.24) is 0 Å². The highest BCUT2D eigenvalue weighted by Crippen LogP contribution is 2.18. The number of nitriles is 1. The summed E-state index contributed by atoms with van der Waals surface area (Å²) in [5.74, 6) is -1.05. The van der Waals surface area contributed by atoms with Crippen LogP contribution in [0.1, 0.15) is 11.1 Å². The maximum absolute atomic E-state index is 13.2. The zero-order valence-corrected chi connectivity index (χ0v) is 10.5. The summed E-state index contributed by atoms with van der Waals surface area (Å²) in [5.41, 5.74) is 1.25. The molecule has 0 saturated heterocycles. The van der Waals surface area contributed by atoms with Crippen LogP contribution >= 0.6 is 11.6 Å². The smallest absolute Gasteiger partial charge is 0.142 e. The van der Waals surface area contributed by atoms with Crippen molar-refractivity contribution in [3.8, 4) is 6.07 Å². The van der Waals surface area contributed by atoms with Crippen molar-refractivity contribution in [2.45, 2.75) is 6.54 Å². The van der Waals surface area contributed by atoms with Crippen molar-refractivity contribution in [3.05, 3.63) is 64.2 Å². The highest BCUT2D eigenvalue weighted by Gasteiger charge is 2.04. The highest BCUT2D eigenvalue weighted by atomic mass is 35.5. The van der Waals surface area contributed by atoms with E-state index >= 15 is 0 Å². The van der Waals surface area contributed by atoms with Crippen LogP contribution in [0.25, 0.3) is 0 Å². The molecule has 5 heteroatoms. The Bertz CT molecular complexity index is 650. The van der Waals surface area contributed by atoms with Crippen LogP contribution in [0.5, 0.6) is 0 Å². The van der Waals surface area contributed by atoms with Crippen molar-refractivity contribution in [2.24, 2.45) is 0 Å². The maximum Gasteiger partial charge on any atom is 0.142 e. The second-order valence-corrected chi connectivity index (χ2v) is 4.32. The lowest BCUT2D eigenvalue weighted by atomic mass is 10.2. The molecule has 2 nitrogen and oxygen atoms in total. The second kappa shape index (κ2) is 5.68. The van der Waals surface area contributed by atoms with Crippen LogP contribution in [0.2, 0.25) is 5.02 Å². The topological polar surface area (TPSA) is 35.8 Å². The summed E-state index contributed by atoms with van der Waals surface area (Å²) in [6.45, 7) is 0.352. The minimum Gasteiger partial charge on any atom is -0.381 e. The number of nitrogens with one attached hydrogen (secondary N) is 1. The van der Waals surface area contributed by atoms with Crippen LogP contribution in [-0.2, 0) is 6.54 Å².